The number of fused-ring (bicyclic) bond motifs is 1. The molecule has 0 radical (unpaired) electrons. The van der Waals surface area contributed by atoms with E-state index < -0.39 is 0 Å². The number of hydrogen-bond donors (Lipinski definition) is 2. The highest BCUT2D eigenvalue weighted by atomic mass is 16.5. The Bertz CT molecular complexity index is 956. The summed E-state index contributed by atoms with van der Waals surface area (Å²) in [7, 11) is 0. The van der Waals surface area contributed by atoms with Gasteiger partial charge in [0.2, 0.25) is 5.95 Å². The van der Waals surface area contributed by atoms with Crippen LogP contribution in [-0.4, -0.2) is 37.0 Å². The van der Waals surface area contributed by atoms with Crippen LogP contribution in [0.5, 0.6) is 5.75 Å². The molecule has 8 nitrogen and oxygen atoms in total. The third-order valence-electron chi connectivity index (χ3n) is 4.62. The third-order valence-corrected chi connectivity index (χ3v) is 4.62. The van der Waals surface area contributed by atoms with Gasteiger partial charge in [-0.2, -0.15) is 10.1 Å². The number of rotatable bonds is 4. The average Bonchev–Trinajstić information content (AvgIpc) is 3.09. The lowest BCUT2D eigenvalue weighted by Gasteiger charge is -2.26. The summed E-state index contributed by atoms with van der Waals surface area (Å²) in [6, 6.07) is 7.46. The lowest BCUT2D eigenvalue weighted by Crippen LogP contribution is -2.29. The first-order chi connectivity index (χ1) is 12.7. The second kappa shape index (κ2) is 6.98. The highest BCUT2D eigenvalue weighted by Gasteiger charge is 2.20. The molecule has 1 aromatic carbocycles. The Morgan fingerprint density at radius 3 is 2.88 bits per heavy atom. The van der Waals surface area contributed by atoms with Crippen LogP contribution in [0.2, 0.25) is 0 Å². The van der Waals surface area contributed by atoms with Crippen molar-refractivity contribution in [2.24, 2.45) is 0 Å². The second-order valence-corrected chi connectivity index (χ2v) is 6.33. The molecule has 26 heavy (non-hydrogen) atoms. The molecule has 2 N–H and O–H groups in total. The standard InChI is InChI=1S/C18H18N6O2/c19-11-26-16-3-1-2-15-14(16)10-21-24(15)17-8-9-20-18(23-17)22-12-4-6-13(25)7-5-12/h1-3,8-10,12-13,25H,4-7H2,(H,20,22,23). The number of nitrogens with one attached hydrogen (secondary N) is 1. The predicted octanol–water partition coefficient (Wildman–Crippen LogP) is 2.39. The van der Waals surface area contributed by atoms with E-state index in [1.54, 1.807) is 41.5 Å². The molecule has 2 heterocycles. The number of aliphatic hydroxyl groups excluding tert-OH is 1. The van der Waals surface area contributed by atoms with Crippen molar-refractivity contribution < 1.29 is 9.84 Å². The van der Waals surface area contributed by atoms with E-state index in [9.17, 15) is 5.11 Å². The quantitative estimate of drug-likeness (QED) is 0.695. The summed E-state index contributed by atoms with van der Waals surface area (Å²) in [5.41, 5.74) is 0.795. The Morgan fingerprint density at radius 2 is 2.08 bits per heavy atom. The van der Waals surface area contributed by atoms with Crippen molar-refractivity contribution in [2.75, 3.05) is 5.32 Å². The second-order valence-electron chi connectivity index (χ2n) is 6.33. The first-order valence-corrected chi connectivity index (χ1v) is 8.55. The molecule has 0 saturated heterocycles. The summed E-state index contributed by atoms with van der Waals surface area (Å²) in [6.45, 7) is 0. The summed E-state index contributed by atoms with van der Waals surface area (Å²) in [5.74, 6) is 1.63. The molecule has 0 unspecified atom stereocenters. The summed E-state index contributed by atoms with van der Waals surface area (Å²) in [4.78, 5) is 8.86. The van der Waals surface area contributed by atoms with Gasteiger partial charge in [0.05, 0.1) is 23.2 Å². The van der Waals surface area contributed by atoms with E-state index >= 15 is 0 Å². The van der Waals surface area contributed by atoms with Crippen LogP contribution in [0.3, 0.4) is 0 Å². The Kier molecular flexibility index (Phi) is 4.37. The number of anilines is 1. The van der Waals surface area contributed by atoms with Crippen LogP contribution in [0.1, 0.15) is 25.7 Å². The van der Waals surface area contributed by atoms with E-state index in [0.717, 1.165) is 36.6 Å². The topological polar surface area (TPSA) is 109 Å². The van der Waals surface area contributed by atoms with Crippen LogP contribution in [0.15, 0.2) is 36.7 Å². The maximum Gasteiger partial charge on any atom is 0.292 e. The number of benzene rings is 1. The lowest BCUT2D eigenvalue weighted by atomic mass is 9.93. The molecule has 0 aliphatic heterocycles. The highest BCUT2D eigenvalue weighted by Crippen LogP contribution is 2.27. The molecule has 132 valence electrons. The van der Waals surface area contributed by atoms with Gasteiger partial charge >= 0.3 is 0 Å². The minimum Gasteiger partial charge on any atom is -0.393 e. The van der Waals surface area contributed by atoms with Gasteiger partial charge in [0.15, 0.2) is 11.6 Å². The molecule has 0 atom stereocenters. The minimum atomic E-state index is -0.194. The minimum absolute atomic E-state index is 0.194. The number of ether oxygens (including phenoxy) is 1. The van der Waals surface area contributed by atoms with Crippen molar-refractivity contribution in [2.45, 2.75) is 37.8 Å². The normalized spacial score (nSPS) is 19.8. The van der Waals surface area contributed by atoms with Crippen molar-refractivity contribution in [1.29, 1.82) is 5.26 Å². The fraction of sp³-hybridized carbons (Fsp3) is 0.333. The van der Waals surface area contributed by atoms with Crippen LogP contribution in [0.25, 0.3) is 16.7 Å². The Labute approximate surface area is 150 Å². The highest BCUT2D eigenvalue weighted by molar-refractivity contribution is 5.86. The molecule has 1 saturated carbocycles. The molecule has 0 spiro atoms. The van der Waals surface area contributed by atoms with Crippen molar-refractivity contribution in [1.82, 2.24) is 19.7 Å². The lowest BCUT2D eigenvalue weighted by molar-refractivity contribution is 0.126. The first-order valence-electron chi connectivity index (χ1n) is 8.55. The molecule has 1 aliphatic rings. The molecule has 0 amide bonds. The fourth-order valence-corrected chi connectivity index (χ4v) is 3.28. The summed E-state index contributed by atoms with van der Waals surface area (Å²) < 4.78 is 6.68. The Hall–Kier alpha value is -3.18. The molecule has 0 bridgehead atoms. The van der Waals surface area contributed by atoms with Gasteiger partial charge in [0, 0.05) is 18.3 Å². The molecular weight excluding hydrogens is 332 g/mol. The van der Waals surface area contributed by atoms with Crippen LogP contribution < -0.4 is 10.1 Å². The number of aromatic nitrogens is 4. The van der Waals surface area contributed by atoms with Crippen molar-refractivity contribution >= 4 is 16.9 Å². The van der Waals surface area contributed by atoms with Crippen molar-refractivity contribution in [3.8, 4) is 17.8 Å². The van der Waals surface area contributed by atoms with Gasteiger partial charge < -0.3 is 15.2 Å². The van der Waals surface area contributed by atoms with Crippen molar-refractivity contribution in [3.63, 3.8) is 0 Å². The van der Waals surface area contributed by atoms with E-state index in [-0.39, 0.29) is 12.1 Å². The first kappa shape index (κ1) is 16.3. The average molecular weight is 350 g/mol. The summed E-state index contributed by atoms with van der Waals surface area (Å²) >= 11 is 0. The van der Waals surface area contributed by atoms with Crippen LogP contribution in [-0.2, 0) is 0 Å². The molecule has 4 rings (SSSR count). The van der Waals surface area contributed by atoms with Gasteiger partial charge in [-0.15, -0.1) is 5.26 Å². The number of nitriles is 1. The molecule has 3 aromatic rings. The van der Waals surface area contributed by atoms with Gasteiger partial charge in [-0.05, 0) is 37.8 Å². The maximum absolute atomic E-state index is 9.62. The Balaban J connectivity index is 1.62. The van der Waals surface area contributed by atoms with Gasteiger partial charge in [-0.25, -0.2) is 9.67 Å². The van der Waals surface area contributed by atoms with Gasteiger partial charge in [-0.3, -0.25) is 0 Å². The monoisotopic (exact) mass is 350 g/mol. The Morgan fingerprint density at radius 1 is 1.23 bits per heavy atom. The molecule has 1 aliphatic carbocycles. The number of hydrogen-bond acceptors (Lipinski definition) is 7. The summed E-state index contributed by atoms with van der Waals surface area (Å²) in [6.07, 6.45) is 8.22. The van der Waals surface area contributed by atoms with Crippen LogP contribution >= 0.6 is 0 Å². The van der Waals surface area contributed by atoms with E-state index in [2.05, 4.69) is 20.4 Å². The van der Waals surface area contributed by atoms with Gasteiger partial charge in [0.25, 0.3) is 6.26 Å². The maximum atomic E-state index is 9.62. The van der Waals surface area contributed by atoms with Gasteiger partial charge in [0.1, 0.15) is 0 Å². The van der Waals surface area contributed by atoms with Gasteiger partial charge in [-0.1, -0.05) is 6.07 Å². The molecule has 8 heteroatoms. The van der Waals surface area contributed by atoms with Crippen molar-refractivity contribution in [3.05, 3.63) is 36.7 Å². The third kappa shape index (κ3) is 3.17. The zero-order valence-electron chi connectivity index (χ0n) is 14.0. The van der Waals surface area contributed by atoms with E-state index in [1.165, 1.54) is 0 Å². The van der Waals surface area contributed by atoms with E-state index in [1.807, 2.05) is 6.07 Å². The SMILES string of the molecule is N#COc1cccc2c1cnn2-c1ccnc(NC2CCC(O)CC2)n1. The number of nitrogens with zero attached hydrogens (tertiary/aromatic N) is 5. The largest absolute Gasteiger partial charge is 0.393 e. The fourth-order valence-electron chi connectivity index (χ4n) is 3.28. The smallest absolute Gasteiger partial charge is 0.292 e. The zero-order chi connectivity index (χ0) is 17.9. The van der Waals surface area contributed by atoms with E-state index in [4.69, 9.17) is 10.00 Å². The molecular formula is C18H18N6O2. The summed E-state index contributed by atoms with van der Waals surface area (Å²) in [5, 5.41) is 26.9. The zero-order valence-corrected chi connectivity index (χ0v) is 14.0. The van der Waals surface area contributed by atoms with Crippen LogP contribution in [0.4, 0.5) is 5.95 Å². The number of aliphatic hydroxyl groups is 1. The molecule has 2 aromatic heterocycles. The predicted molar refractivity (Wildman–Crippen MR) is 94.8 cm³/mol. The molecule has 1 fully saturated rings. The van der Waals surface area contributed by atoms with E-state index in [0.29, 0.717) is 17.5 Å². The van der Waals surface area contributed by atoms with Crippen LogP contribution in [0, 0.1) is 11.5 Å².